The molecule has 2 aromatic carbocycles. The normalized spacial score (nSPS) is 10.4. The zero-order chi connectivity index (χ0) is 22.2. The highest BCUT2D eigenvalue weighted by Gasteiger charge is 2.16. The maximum Gasteiger partial charge on any atom is 0.336 e. The molecule has 6 heteroatoms. The molecule has 6 nitrogen and oxygen atoms in total. The van der Waals surface area contributed by atoms with E-state index in [4.69, 9.17) is 0 Å². The Labute approximate surface area is 182 Å². The van der Waals surface area contributed by atoms with Crippen molar-refractivity contribution < 1.29 is 14.7 Å². The summed E-state index contributed by atoms with van der Waals surface area (Å²) in [5.41, 5.74) is 2.76. The van der Waals surface area contributed by atoms with E-state index in [1.54, 1.807) is 29.8 Å². The van der Waals surface area contributed by atoms with Crippen LogP contribution in [-0.4, -0.2) is 31.6 Å². The van der Waals surface area contributed by atoms with E-state index in [-0.39, 0.29) is 17.2 Å². The Morgan fingerprint density at radius 1 is 1.10 bits per heavy atom. The number of carboxylic acid groups (broad SMARTS) is 1. The molecule has 0 atom stereocenters. The van der Waals surface area contributed by atoms with Gasteiger partial charge in [-0.2, -0.15) is 0 Å². The fourth-order valence-electron chi connectivity index (χ4n) is 3.26. The molecule has 0 aliphatic rings. The Balaban J connectivity index is 1.85. The molecular weight excluding hydrogens is 390 g/mol. The van der Waals surface area contributed by atoms with Crippen molar-refractivity contribution >= 4 is 11.8 Å². The summed E-state index contributed by atoms with van der Waals surface area (Å²) in [5, 5.41) is 13.8. The average molecular weight is 415 g/mol. The Bertz CT molecular complexity index is 1130. The Morgan fingerprint density at radius 2 is 1.84 bits per heavy atom. The van der Waals surface area contributed by atoms with Crippen molar-refractivity contribution in [2.75, 3.05) is 0 Å². The fourth-order valence-corrected chi connectivity index (χ4v) is 3.26. The van der Waals surface area contributed by atoms with Gasteiger partial charge in [-0.1, -0.05) is 61.7 Å². The van der Waals surface area contributed by atoms with Gasteiger partial charge in [0, 0.05) is 12.8 Å². The van der Waals surface area contributed by atoms with Crippen LogP contribution in [0.5, 0.6) is 0 Å². The lowest BCUT2D eigenvalue weighted by Gasteiger charge is -2.08. The monoisotopic (exact) mass is 415 g/mol. The standard InChI is InChI=1S/C25H25N3O3/c1-3-5-11-22(29)24-26-23(28(27-24)16-6-4-2)17-18-12-14-19(15-13-18)20-9-7-8-10-21(20)25(30)31/h7-10,12-15H,3,5,11,16-17H2,1-2H3,(H,30,31). The minimum atomic E-state index is -0.954. The van der Waals surface area contributed by atoms with Crippen molar-refractivity contribution in [3.63, 3.8) is 0 Å². The van der Waals surface area contributed by atoms with Gasteiger partial charge >= 0.3 is 5.97 Å². The lowest BCUT2D eigenvalue weighted by atomic mass is 9.98. The molecular formula is C25H25N3O3. The van der Waals surface area contributed by atoms with Gasteiger partial charge in [0.25, 0.3) is 0 Å². The van der Waals surface area contributed by atoms with Crippen molar-refractivity contribution in [2.45, 2.75) is 46.1 Å². The van der Waals surface area contributed by atoms with E-state index >= 15 is 0 Å². The molecule has 1 heterocycles. The number of aromatic carboxylic acids is 1. The van der Waals surface area contributed by atoms with E-state index < -0.39 is 5.97 Å². The number of carboxylic acids is 1. The summed E-state index contributed by atoms with van der Waals surface area (Å²) in [4.78, 5) is 28.3. The summed E-state index contributed by atoms with van der Waals surface area (Å²) < 4.78 is 1.68. The number of benzene rings is 2. The number of ketones is 1. The van der Waals surface area contributed by atoms with Crippen LogP contribution < -0.4 is 0 Å². The summed E-state index contributed by atoms with van der Waals surface area (Å²) in [5.74, 6) is 5.75. The van der Waals surface area contributed by atoms with Crippen LogP contribution in [-0.2, 0) is 13.0 Å². The summed E-state index contributed by atoms with van der Waals surface area (Å²) in [6, 6.07) is 14.6. The van der Waals surface area contributed by atoms with Gasteiger partial charge in [0.2, 0.25) is 11.6 Å². The molecule has 0 bridgehead atoms. The van der Waals surface area contributed by atoms with Gasteiger partial charge in [0.1, 0.15) is 12.4 Å². The lowest BCUT2D eigenvalue weighted by Crippen LogP contribution is -2.06. The highest BCUT2D eigenvalue weighted by molar-refractivity contribution is 5.96. The predicted octanol–water partition coefficient (Wildman–Crippen LogP) is 4.63. The van der Waals surface area contributed by atoms with Crippen molar-refractivity contribution in [3.05, 3.63) is 71.3 Å². The van der Waals surface area contributed by atoms with Gasteiger partial charge in [-0.25, -0.2) is 14.5 Å². The predicted molar refractivity (Wildman–Crippen MR) is 119 cm³/mol. The fraction of sp³-hybridized carbons (Fsp3) is 0.280. The maximum atomic E-state index is 12.4. The van der Waals surface area contributed by atoms with Gasteiger partial charge < -0.3 is 5.11 Å². The van der Waals surface area contributed by atoms with E-state index in [1.165, 1.54) is 0 Å². The van der Waals surface area contributed by atoms with E-state index in [1.807, 2.05) is 37.3 Å². The molecule has 0 aliphatic carbocycles. The van der Waals surface area contributed by atoms with Gasteiger partial charge in [0.05, 0.1) is 5.56 Å². The number of rotatable bonds is 9. The summed E-state index contributed by atoms with van der Waals surface area (Å²) >= 11 is 0. The molecule has 0 saturated heterocycles. The highest BCUT2D eigenvalue weighted by Crippen LogP contribution is 2.24. The zero-order valence-corrected chi connectivity index (χ0v) is 17.8. The number of hydrogen-bond acceptors (Lipinski definition) is 4. The first-order chi connectivity index (χ1) is 15.0. The van der Waals surface area contributed by atoms with Crippen molar-refractivity contribution in [3.8, 4) is 23.0 Å². The Kier molecular flexibility index (Phi) is 7.34. The number of hydrogen-bond donors (Lipinski definition) is 1. The lowest BCUT2D eigenvalue weighted by molar-refractivity contribution is 0.0697. The van der Waals surface area contributed by atoms with Crippen molar-refractivity contribution in [1.82, 2.24) is 14.8 Å². The second kappa shape index (κ2) is 10.4. The molecule has 3 aromatic rings. The van der Waals surface area contributed by atoms with Crippen LogP contribution in [0.15, 0.2) is 48.5 Å². The third kappa shape index (κ3) is 5.46. The minimum Gasteiger partial charge on any atom is -0.478 e. The molecule has 1 aromatic heterocycles. The zero-order valence-electron chi connectivity index (χ0n) is 17.8. The van der Waals surface area contributed by atoms with Crippen LogP contribution >= 0.6 is 0 Å². The van der Waals surface area contributed by atoms with Gasteiger partial charge in [-0.05, 0) is 36.1 Å². The van der Waals surface area contributed by atoms with Gasteiger partial charge in [0.15, 0.2) is 0 Å². The van der Waals surface area contributed by atoms with E-state index in [0.29, 0.717) is 30.8 Å². The third-order valence-electron chi connectivity index (χ3n) is 4.95. The first-order valence-electron chi connectivity index (χ1n) is 10.3. The molecule has 1 N–H and O–H groups in total. The SMILES string of the molecule is CC#CCn1nc(C(=O)CCCC)nc1Cc1ccc(-c2ccccc2C(=O)O)cc1. The molecule has 3 rings (SSSR count). The molecule has 0 radical (unpaired) electrons. The quantitative estimate of drug-likeness (QED) is 0.407. The largest absolute Gasteiger partial charge is 0.478 e. The maximum absolute atomic E-state index is 12.4. The number of unbranched alkanes of at least 4 members (excludes halogenated alkanes) is 1. The summed E-state index contributed by atoms with van der Waals surface area (Å²) in [7, 11) is 0. The van der Waals surface area contributed by atoms with Crippen LogP contribution in [0.3, 0.4) is 0 Å². The summed E-state index contributed by atoms with van der Waals surface area (Å²) in [6.07, 6.45) is 2.70. The molecule has 0 saturated carbocycles. The Morgan fingerprint density at radius 3 is 2.52 bits per heavy atom. The second-order valence-corrected chi connectivity index (χ2v) is 7.19. The first-order valence-corrected chi connectivity index (χ1v) is 10.3. The van der Waals surface area contributed by atoms with Crippen LogP contribution in [0.4, 0.5) is 0 Å². The average Bonchev–Trinajstić information content (AvgIpc) is 3.19. The van der Waals surface area contributed by atoms with E-state index in [0.717, 1.165) is 24.0 Å². The van der Waals surface area contributed by atoms with Crippen molar-refractivity contribution in [2.24, 2.45) is 0 Å². The second-order valence-electron chi connectivity index (χ2n) is 7.19. The molecule has 0 amide bonds. The molecule has 0 aliphatic heterocycles. The minimum absolute atomic E-state index is 0.0491. The molecule has 0 spiro atoms. The number of carbonyl (C=O) groups excluding carboxylic acids is 1. The number of aromatic nitrogens is 3. The summed E-state index contributed by atoms with van der Waals surface area (Å²) in [6.45, 7) is 4.18. The molecule has 0 fully saturated rings. The Hall–Kier alpha value is -3.72. The molecule has 0 unspecified atom stereocenters. The van der Waals surface area contributed by atoms with Crippen LogP contribution in [0.25, 0.3) is 11.1 Å². The smallest absolute Gasteiger partial charge is 0.336 e. The number of carbonyl (C=O) groups is 2. The topological polar surface area (TPSA) is 85.1 Å². The van der Waals surface area contributed by atoms with Crippen molar-refractivity contribution in [1.29, 1.82) is 0 Å². The molecule has 158 valence electrons. The third-order valence-corrected chi connectivity index (χ3v) is 4.95. The molecule has 31 heavy (non-hydrogen) atoms. The van der Waals surface area contributed by atoms with Gasteiger partial charge in [-0.3, -0.25) is 4.79 Å². The number of nitrogens with zero attached hydrogens (tertiary/aromatic N) is 3. The van der Waals surface area contributed by atoms with Crippen LogP contribution in [0.2, 0.25) is 0 Å². The van der Waals surface area contributed by atoms with E-state index in [9.17, 15) is 14.7 Å². The highest BCUT2D eigenvalue weighted by atomic mass is 16.4. The van der Waals surface area contributed by atoms with E-state index in [2.05, 4.69) is 21.9 Å². The first kappa shape index (κ1) is 22.0. The number of Topliss-reactive ketones (excluding diaryl/α,β-unsaturated/α-hetero) is 1. The van der Waals surface area contributed by atoms with Crippen LogP contribution in [0.1, 0.15) is 65.5 Å². The van der Waals surface area contributed by atoms with Crippen LogP contribution in [0, 0.1) is 11.8 Å². The van der Waals surface area contributed by atoms with Gasteiger partial charge in [-0.15, -0.1) is 11.0 Å².